The van der Waals surface area contributed by atoms with E-state index in [0.29, 0.717) is 34.0 Å². The molecule has 0 bridgehead atoms. The summed E-state index contributed by atoms with van der Waals surface area (Å²) in [7, 11) is 0. The highest BCUT2D eigenvalue weighted by molar-refractivity contribution is 6.11. The highest BCUT2D eigenvalue weighted by atomic mass is 19.4. The number of carboxylic acid groups (broad SMARTS) is 1. The Hall–Kier alpha value is -3.96. The fourth-order valence-electron chi connectivity index (χ4n) is 2.93. The summed E-state index contributed by atoms with van der Waals surface area (Å²) in [6.07, 6.45) is -5.08. The van der Waals surface area contributed by atoms with Gasteiger partial charge in [-0.15, -0.1) is 0 Å². The van der Waals surface area contributed by atoms with Gasteiger partial charge in [0.1, 0.15) is 5.82 Å². The van der Waals surface area contributed by atoms with Gasteiger partial charge in [-0.25, -0.2) is 18.6 Å². The van der Waals surface area contributed by atoms with Crippen LogP contribution in [-0.4, -0.2) is 32.4 Å². The molecule has 31 heavy (non-hydrogen) atoms. The first-order valence-corrected chi connectivity index (χ1v) is 8.46. The Labute approximate surface area is 169 Å². The van der Waals surface area contributed by atoms with Crippen molar-refractivity contribution >= 4 is 33.5 Å². The Balaban J connectivity index is 0.000000339. The van der Waals surface area contributed by atoms with E-state index in [1.807, 2.05) is 0 Å². The fourth-order valence-corrected chi connectivity index (χ4v) is 2.93. The number of aryl methyl sites for hydroxylation is 1. The summed E-state index contributed by atoms with van der Waals surface area (Å²) in [5, 5.41) is 13.0. The second kappa shape index (κ2) is 7.70. The normalized spacial score (nSPS) is 11.4. The van der Waals surface area contributed by atoms with Gasteiger partial charge in [0.15, 0.2) is 11.5 Å². The third-order valence-corrected chi connectivity index (χ3v) is 4.30. The highest BCUT2D eigenvalue weighted by Crippen LogP contribution is 2.35. The van der Waals surface area contributed by atoms with E-state index in [-0.39, 0.29) is 16.5 Å². The minimum atomic E-state index is -5.08. The van der Waals surface area contributed by atoms with Crippen molar-refractivity contribution in [3.63, 3.8) is 0 Å². The molecule has 4 rings (SSSR count). The van der Waals surface area contributed by atoms with Crippen LogP contribution >= 0.6 is 0 Å². The van der Waals surface area contributed by atoms with Crippen molar-refractivity contribution in [2.24, 2.45) is 0 Å². The third-order valence-electron chi connectivity index (χ3n) is 4.30. The summed E-state index contributed by atoms with van der Waals surface area (Å²) >= 11 is 0. The van der Waals surface area contributed by atoms with Crippen molar-refractivity contribution in [1.82, 2.24) is 15.2 Å². The zero-order chi connectivity index (χ0) is 23.1. The number of anilines is 1. The molecule has 12 heteroatoms. The van der Waals surface area contributed by atoms with Crippen LogP contribution in [0.2, 0.25) is 0 Å². The van der Waals surface area contributed by atoms with Crippen LogP contribution in [-0.2, 0) is 4.79 Å². The average Bonchev–Trinajstić information content (AvgIpc) is 3.06. The maximum absolute atomic E-state index is 14.6. The first-order valence-electron chi connectivity index (χ1n) is 8.46. The molecule has 0 aliphatic heterocycles. The Morgan fingerprint density at radius 1 is 1.06 bits per heavy atom. The monoisotopic (exact) mass is 440 g/mol. The van der Waals surface area contributed by atoms with Crippen molar-refractivity contribution in [3.05, 3.63) is 57.9 Å². The lowest BCUT2D eigenvalue weighted by atomic mass is 10.00. The highest BCUT2D eigenvalue weighted by Gasteiger charge is 2.38. The minimum Gasteiger partial charge on any atom is -0.475 e. The number of H-pyrrole nitrogens is 2. The van der Waals surface area contributed by atoms with Gasteiger partial charge in [0, 0.05) is 33.8 Å². The van der Waals surface area contributed by atoms with E-state index in [1.54, 1.807) is 31.2 Å². The molecule has 162 valence electrons. The Kier molecular flexibility index (Phi) is 5.40. The predicted octanol–water partition coefficient (Wildman–Crippen LogP) is 3.87. The number of nitrogens with two attached hydrogens (primary N) is 1. The smallest absolute Gasteiger partial charge is 0.475 e. The maximum Gasteiger partial charge on any atom is 0.490 e. The van der Waals surface area contributed by atoms with Gasteiger partial charge < -0.3 is 15.9 Å². The molecular weight excluding hydrogens is 427 g/mol. The van der Waals surface area contributed by atoms with Gasteiger partial charge in [-0.2, -0.15) is 13.2 Å². The number of aromatic nitrogens is 3. The lowest BCUT2D eigenvalue weighted by Crippen LogP contribution is -2.21. The van der Waals surface area contributed by atoms with Crippen molar-refractivity contribution in [2.75, 3.05) is 5.73 Å². The van der Waals surface area contributed by atoms with Crippen molar-refractivity contribution in [1.29, 1.82) is 0 Å². The summed E-state index contributed by atoms with van der Waals surface area (Å²) < 4.78 is 60.9. The second-order valence-corrected chi connectivity index (χ2v) is 6.40. The molecule has 2 heterocycles. The quantitative estimate of drug-likeness (QED) is 0.264. The largest absolute Gasteiger partial charge is 0.490 e. The molecule has 0 aliphatic rings. The van der Waals surface area contributed by atoms with Gasteiger partial charge in [-0.05, 0) is 19.1 Å². The summed E-state index contributed by atoms with van der Waals surface area (Å²) in [4.78, 5) is 25.1. The third kappa shape index (κ3) is 4.04. The number of rotatable bonds is 1. The van der Waals surface area contributed by atoms with Crippen LogP contribution in [0.15, 0.2) is 35.1 Å². The number of nitrogens with zero attached hydrogens (tertiary/aromatic N) is 1. The molecule has 0 fully saturated rings. The summed E-state index contributed by atoms with van der Waals surface area (Å²) in [6, 6.07) is 7.29. The lowest BCUT2D eigenvalue weighted by molar-refractivity contribution is -0.192. The average molecular weight is 440 g/mol. The molecule has 0 spiro atoms. The molecule has 0 aliphatic carbocycles. The van der Waals surface area contributed by atoms with E-state index in [1.165, 1.54) is 0 Å². The molecule has 5 N–H and O–H groups in total. The Bertz CT molecular complexity index is 1360. The number of fused-ring (bicyclic) bond motifs is 3. The van der Waals surface area contributed by atoms with E-state index < -0.39 is 29.2 Å². The first-order chi connectivity index (χ1) is 14.4. The van der Waals surface area contributed by atoms with Crippen molar-refractivity contribution < 1.29 is 31.9 Å². The fraction of sp³-hybridized carbons (Fsp3) is 0.105. The van der Waals surface area contributed by atoms with Gasteiger partial charge in [0.2, 0.25) is 5.43 Å². The van der Waals surface area contributed by atoms with Crippen molar-refractivity contribution in [2.45, 2.75) is 13.1 Å². The van der Waals surface area contributed by atoms with Crippen LogP contribution in [0.1, 0.15) is 5.69 Å². The van der Waals surface area contributed by atoms with E-state index >= 15 is 0 Å². The molecular formula is C19H13F5N4O3. The molecule has 0 atom stereocenters. The molecule has 0 saturated carbocycles. The van der Waals surface area contributed by atoms with Gasteiger partial charge in [0.05, 0.1) is 11.1 Å². The first kappa shape index (κ1) is 21.7. The summed E-state index contributed by atoms with van der Waals surface area (Å²) in [6.45, 7) is 1.69. The van der Waals surface area contributed by atoms with Crippen LogP contribution in [0.5, 0.6) is 0 Å². The van der Waals surface area contributed by atoms with Gasteiger partial charge >= 0.3 is 12.1 Å². The van der Waals surface area contributed by atoms with E-state index in [4.69, 9.17) is 15.6 Å². The number of pyridine rings is 1. The minimum absolute atomic E-state index is 0.0273. The van der Waals surface area contributed by atoms with E-state index in [9.17, 15) is 26.7 Å². The van der Waals surface area contributed by atoms with E-state index in [2.05, 4.69) is 15.2 Å². The topological polar surface area (TPSA) is 125 Å². The number of aromatic amines is 2. The van der Waals surface area contributed by atoms with E-state index in [0.717, 1.165) is 0 Å². The number of benzene rings is 2. The SMILES string of the molecule is Cc1[nH][nH]c2nc(-c3ccc(N)cc3)c3c(F)cc(=O)c(F)c3c12.O=C(O)C(F)(F)F. The Morgan fingerprint density at radius 3 is 2.19 bits per heavy atom. The molecule has 0 radical (unpaired) electrons. The molecule has 2 aromatic carbocycles. The lowest BCUT2D eigenvalue weighted by Gasteiger charge is -2.09. The molecule has 4 aromatic rings. The number of carboxylic acids is 1. The number of nitrogens with one attached hydrogen (secondary N) is 2. The number of nitrogen functional groups attached to an aromatic ring is 1. The molecule has 0 unspecified atom stereocenters. The zero-order valence-electron chi connectivity index (χ0n) is 15.6. The Morgan fingerprint density at radius 2 is 1.65 bits per heavy atom. The van der Waals surface area contributed by atoms with Gasteiger partial charge in [0.25, 0.3) is 0 Å². The summed E-state index contributed by atoms with van der Waals surface area (Å²) in [5.41, 5.74) is 6.95. The molecule has 2 aromatic heterocycles. The van der Waals surface area contributed by atoms with Gasteiger partial charge in [-0.3, -0.25) is 9.89 Å². The molecule has 7 nitrogen and oxygen atoms in total. The molecule has 0 amide bonds. The number of hydrogen-bond acceptors (Lipinski definition) is 4. The number of hydrogen-bond donors (Lipinski definition) is 4. The number of halogens is 5. The van der Waals surface area contributed by atoms with Crippen LogP contribution in [0.3, 0.4) is 0 Å². The molecule has 0 saturated heterocycles. The standard InChI is InChI=1S/C17H12F2N4O.C2HF3O2/c1-7-12-14-13(10(18)6-11(24)15(14)19)16(21-17(12)23-22-7)8-2-4-9(20)5-3-8;3-2(4,5)1(6)7/h2-6H,20H2,1H3,(H2,21,22,23);(H,6,7). The summed E-state index contributed by atoms with van der Waals surface area (Å²) in [5.74, 6) is -4.56. The van der Waals surface area contributed by atoms with Crippen molar-refractivity contribution in [3.8, 4) is 11.3 Å². The van der Waals surface area contributed by atoms with Crippen LogP contribution in [0.25, 0.3) is 33.1 Å². The number of carbonyl (C=O) groups is 1. The van der Waals surface area contributed by atoms with Crippen LogP contribution in [0, 0.1) is 18.6 Å². The number of aliphatic carboxylic acids is 1. The van der Waals surface area contributed by atoms with Crippen LogP contribution in [0.4, 0.5) is 27.6 Å². The van der Waals surface area contributed by atoms with Gasteiger partial charge in [-0.1, -0.05) is 12.1 Å². The number of alkyl halides is 3. The zero-order valence-corrected chi connectivity index (χ0v) is 15.6. The predicted molar refractivity (Wildman–Crippen MR) is 102 cm³/mol. The van der Waals surface area contributed by atoms with Crippen LogP contribution < -0.4 is 11.2 Å². The maximum atomic E-state index is 14.6. The second-order valence-electron chi connectivity index (χ2n) is 6.40.